The van der Waals surface area contributed by atoms with Gasteiger partial charge in [0.15, 0.2) is 0 Å². The summed E-state index contributed by atoms with van der Waals surface area (Å²) in [5, 5.41) is 0.611. The highest BCUT2D eigenvalue weighted by molar-refractivity contribution is 7.80. The molecule has 0 aliphatic rings. The second-order valence-electron chi connectivity index (χ2n) is 5.15. The Hall–Kier alpha value is -2.67. The Labute approximate surface area is 133 Å². The maximum atomic E-state index is 6.24. The van der Waals surface area contributed by atoms with Crippen LogP contribution in [-0.2, 0) is 6.54 Å². The Balaban J connectivity index is 2.21. The first-order chi connectivity index (χ1) is 10.5. The molecule has 0 unspecified atom stereocenters. The summed E-state index contributed by atoms with van der Waals surface area (Å²) in [6.07, 6.45) is 1.41. The highest BCUT2D eigenvalue weighted by Gasteiger charge is 2.20. The molecule has 2 aromatic heterocycles. The summed E-state index contributed by atoms with van der Waals surface area (Å²) >= 11 is 5.10. The van der Waals surface area contributed by atoms with E-state index in [9.17, 15) is 0 Å². The number of aromatic nitrogens is 3. The van der Waals surface area contributed by atoms with Gasteiger partial charge in [-0.3, -0.25) is 0 Å². The molecule has 0 fully saturated rings. The summed E-state index contributed by atoms with van der Waals surface area (Å²) < 4.78 is 1.85. The third-order valence-corrected chi connectivity index (χ3v) is 3.82. The van der Waals surface area contributed by atoms with Gasteiger partial charge >= 0.3 is 0 Å². The Kier molecular flexibility index (Phi) is 3.42. The van der Waals surface area contributed by atoms with Crippen LogP contribution in [0.3, 0.4) is 0 Å². The molecular weight excluding hydrogens is 296 g/mol. The zero-order valence-electron chi connectivity index (χ0n) is 12.1. The van der Waals surface area contributed by atoms with E-state index < -0.39 is 0 Å². The van der Waals surface area contributed by atoms with Crippen LogP contribution >= 0.6 is 12.2 Å². The van der Waals surface area contributed by atoms with Crippen LogP contribution in [0, 0.1) is 6.92 Å². The topological polar surface area (TPSA) is 109 Å². The summed E-state index contributed by atoms with van der Waals surface area (Å²) in [5.41, 5.74) is 21.5. The van der Waals surface area contributed by atoms with Crippen LogP contribution in [0.2, 0.25) is 0 Å². The number of rotatable bonds is 3. The lowest BCUT2D eigenvalue weighted by molar-refractivity contribution is 0.834. The van der Waals surface area contributed by atoms with Gasteiger partial charge in [0.2, 0.25) is 0 Å². The molecule has 0 radical (unpaired) electrons. The fourth-order valence-corrected chi connectivity index (χ4v) is 2.70. The molecule has 0 spiro atoms. The number of hydrogen-bond donors (Lipinski definition) is 3. The van der Waals surface area contributed by atoms with Gasteiger partial charge in [0.25, 0.3) is 0 Å². The van der Waals surface area contributed by atoms with Crippen LogP contribution in [0.25, 0.3) is 11.0 Å². The molecule has 2 heterocycles. The molecule has 0 aliphatic carbocycles. The molecule has 0 bridgehead atoms. The third-order valence-electron chi connectivity index (χ3n) is 3.62. The zero-order chi connectivity index (χ0) is 15.9. The Morgan fingerprint density at radius 2 is 1.86 bits per heavy atom. The van der Waals surface area contributed by atoms with Crippen molar-refractivity contribution in [3.05, 3.63) is 47.3 Å². The highest BCUT2D eigenvalue weighted by atomic mass is 32.1. The third kappa shape index (κ3) is 2.25. The van der Waals surface area contributed by atoms with E-state index in [1.807, 2.05) is 23.6 Å². The van der Waals surface area contributed by atoms with Gasteiger partial charge in [-0.05, 0) is 12.5 Å². The van der Waals surface area contributed by atoms with Crippen LogP contribution < -0.4 is 17.2 Å². The number of nitrogen functional groups attached to an aromatic ring is 2. The minimum absolute atomic E-state index is 0.187. The van der Waals surface area contributed by atoms with E-state index in [1.54, 1.807) is 0 Å². The molecule has 3 rings (SSSR count). The molecule has 6 nitrogen and oxygen atoms in total. The van der Waals surface area contributed by atoms with Crippen molar-refractivity contribution in [2.45, 2.75) is 13.5 Å². The molecule has 0 amide bonds. The molecule has 0 atom stereocenters. The average Bonchev–Trinajstić information content (AvgIpc) is 2.76. The van der Waals surface area contributed by atoms with Gasteiger partial charge in [-0.1, -0.05) is 42.0 Å². The number of anilines is 2. The van der Waals surface area contributed by atoms with Gasteiger partial charge in [-0.2, -0.15) is 0 Å². The number of benzene rings is 1. The van der Waals surface area contributed by atoms with Crippen molar-refractivity contribution in [3.63, 3.8) is 0 Å². The molecule has 0 aliphatic heterocycles. The van der Waals surface area contributed by atoms with E-state index in [0.29, 0.717) is 34.8 Å². The first-order valence-electron chi connectivity index (χ1n) is 6.72. The van der Waals surface area contributed by atoms with Crippen molar-refractivity contribution >= 4 is 39.9 Å². The standard InChI is InChI=1S/C15H16N6S/c1-8-2-4-9(5-3-8)6-21-13(17)11(14(18)22)10-12(16)19-7-20-15(10)21/h2-5,7H,6,17H2,1H3,(H2,18,22)(H2,16,19,20). The number of aryl methyl sites for hydroxylation is 1. The fourth-order valence-electron chi connectivity index (χ4n) is 2.50. The Bertz CT molecular complexity index is 866. The molecule has 6 N–H and O–H groups in total. The predicted molar refractivity (Wildman–Crippen MR) is 92.5 cm³/mol. The minimum Gasteiger partial charge on any atom is -0.389 e. The highest BCUT2D eigenvalue weighted by Crippen LogP contribution is 2.30. The van der Waals surface area contributed by atoms with E-state index in [4.69, 9.17) is 29.4 Å². The molecule has 1 aromatic carbocycles. The van der Waals surface area contributed by atoms with Crippen LogP contribution in [-0.4, -0.2) is 19.5 Å². The quantitative estimate of drug-likeness (QED) is 0.634. The summed E-state index contributed by atoms with van der Waals surface area (Å²) in [6.45, 7) is 2.60. The normalized spacial score (nSPS) is 11.0. The maximum absolute atomic E-state index is 6.24. The van der Waals surface area contributed by atoms with Crippen molar-refractivity contribution in [3.8, 4) is 0 Å². The monoisotopic (exact) mass is 312 g/mol. The van der Waals surface area contributed by atoms with Crippen LogP contribution in [0.1, 0.15) is 16.7 Å². The smallest absolute Gasteiger partial charge is 0.148 e. The number of nitrogens with zero attached hydrogens (tertiary/aromatic N) is 3. The number of nitrogens with two attached hydrogens (primary N) is 3. The van der Waals surface area contributed by atoms with E-state index in [0.717, 1.165) is 5.56 Å². The van der Waals surface area contributed by atoms with Gasteiger partial charge in [0.05, 0.1) is 17.5 Å². The second-order valence-corrected chi connectivity index (χ2v) is 5.59. The van der Waals surface area contributed by atoms with Gasteiger partial charge < -0.3 is 21.8 Å². The van der Waals surface area contributed by atoms with E-state index in [1.165, 1.54) is 11.9 Å². The Morgan fingerprint density at radius 3 is 2.50 bits per heavy atom. The number of fused-ring (bicyclic) bond motifs is 1. The lowest BCUT2D eigenvalue weighted by Gasteiger charge is -2.08. The number of thiocarbonyl (C=S) groups is 1. The largest absolute Gasteiger partial charge is 0.389 e. The van der Waals surface area contributed by atoms with Gasteiger partial charge in [0.1, 0.15) is 28.6 Å². The van der Waals surface area contributed by atoms with Crippen LogP contribution in [0.15, 0.2) is 30.6 Å². The predicted octanol–water partition coefficient (Wildman–Crippen LogP) is 1.59. The maximum Gasteiger partial charge on any atom is 0.148 e. The first kappa shape index (κ1) is 14.3. The van der Waals surface area contributed by atoms with Crippen molar-refractivity contribution < 1.29 is 0 Å². The summed E-state index contributed by atoms with van der Waals surface area (Å²) in [7, 11) is 0. The van der Waals surface area contributed by atoms with E-state index in [2.05, 4.69) is 22.1 Å². The molecule has 7 heteroatoms. The summed E-state index contributed by atoms with van der Waals surface area (Å²) in [5.74, 6) is 0.775. The second kappa shape index (κ2) is 5.27. The Morgan fingerprint density at radius 1 is 1.18 bits per heavy atom. The van der Waals surface area contributed by atoms with Gasteiger partial charge in [-0.25, -0.2) is 9.97 Å². The van der Waals surface area contributed by atoms with Crippen LogP contribution in [0.4, 0.5) is 11.6 Å². The average molecular weight is 312 g/mol. The number of hydrogen-bond acceptors (Lipinski definition) is 5. The zero-order valence-corrected chi connectivity index (χ0v) is 12.9. The molecule has 112 valence electrons. The molecule has 0 saturated heterocycles. The fraction of sp³-hybridized carbons (Fsp3) is 0.133. The van der Waals surface area contributed by atoms with Crippen molar-refractivity contribution in [1.82, 2.24) is 14.5 Å². The van der Waals surface area contributed by atoms with E-state index >= 15 is 0 Å². The van der Waals surface area contributed by atoms with Crippen LogP contribution in [0.5, 0.6) is 0 Å². The minimum atomic E-state index is 0.187. The lowest BCUT2D eigenvalue weighted by atomic mass is 10.1. The van der Waals surface area contributed by atoms with Crippen molar-refractivity contribution in [1.29, 1.82) is 0 Å². The first-order valence-corrected chi connectivity index (χ1v) is 7.13. The SMILES string of the molecule is Cc1ccc(Cn2c(N)c(C(N)=S)c3c(N)ncnc32)cc1. The molecule has 3 aromatic rings. The van der Waals surface area contributed by atoms with Crippen molar-refractivity contribution in [2.75, 3.05) is 11.5 Å². The summed E-state index contributed by atoms with van der Waals surface area (Å²) in [4.78, 5) is 8.49. The van der Waals surface area contributed by atoms with E-state index in [-0.39, 0.29) is 4.99 Å². The van der Waals surface area contributed by atoms with Crippen molar-refractivity contribution in [2.24, 2.45) is 5.73 Å². The molecule has 22 heavy (non-hydrogen) atoms. The van der Waals surface area contributed by atoms with Gasteiger partial charge in [0, 0.05) is 0 Å². The van der Waals surface area contributed by atoms with Gasteiger partial charge in [-0.15, -0.1) is 0 Å². The lowest BCUT2D eigenvalue weighted by Crippen LogP contribution is -2.13. The summed E-state index contributed by atoms with van der Waals surface area (Å²) in [6, 6.07) is 8.20. The molecule has 0 saturated carbocycles. The molecular formula is C15H16N6S.